The number of ether oxygens (including phenoxy) is 7. The fourth-order valence-corrected chi connectivity index (χ4v) is 20.2. The molecule has 13 aliphatic heterocycles. The predicted molar refractivity (Wildman–Crippen MR) is 406 cm³/mol. The summed E-state index contributed by atoms with van der Waals surface area (Å²) in [6.45, 7) is 4.55. The van der Waals surface area contributed by atoms with Crippen molar-refractivity contribution in [2.75, 3.05) is 95.7 Å². The van der Waals surface area contributed by atoms with Crippen molar-refractivity contribution in [2.24, 2.45) is 0 Å². The molecule has 0 radical (unpaired) electrons. The average molecular weight is 1620 g/mol. The van der Waals surface area contributed by atoms with Crippen LogP contribution >= 0.6 is 47.0 Å². The first-order valence-corrected chi connectivity index (χ1v) is 41.4. The van der Waals surface area contributed by atoms with Crippen LogP contribution in [-0.2, 0) is 60.2 Å². The quantitative estimate of drug-likeness (QED) is 0.0354. The predicted octanol–water partition coefficient (Wildman–Crippen LogP) is 9.36. The number of amides is 16. The number of nitrogens with zero attached hydrogens (tertiary/aromatic N) is 16. The first-order chi connectivity index (χ1) is 54.6. The third-order valence-electron chi connectivity index (χ3n) is 24.5. The lowest BCUT2D eigenvalue weighted by Gasteiger charge is -2.49. The Morgan fingerprint density at radius 2 is 0.549 bits per heavy atom. The van der Waals surface area contributed by atoms with Crippen LogP contribution in [0.5, 0.6) is 23.0 Å². The van der Waals surface area contributed by atoms with Gasteiger partial charge >= 0.3 is 64.2 Å². The van der Waals surface area contributed by atoms with Gasteiger partial charge in [0.05, 0.1) is 52.6 Å². The fraction of sp³-hybridized carbons (Fsp3) is 0.453. The molecule has 0 saturated carbocycles. The van der Waals surface area contributed by atoms with Gasteiger partial charge in [0.2, 0.25) is 0 Å². The monoisotopic (exact) mass is 1620 g/mol. The van der Waals surface area contributed by atoms with E-state index in [2.05, 4.69) is 0 Å². The smallest absolute Gasteiger partial charge is 0.367 e. The molecule has 0 aromatic heterocycles. The summed E-state index contributed by atoms with van der Waals surface area (Å²) < 4.78 is 42.4. The van der Waals surface area contributed by atoms with E-state index in [0.29, 0.717) is 57.6 Å². The summed E-state index contributed by atoms with van der Waals surface area (Å²) in [6, 6.07) is 30.0. The van der Waals surface area contributed by atoms with Crippen molar-refractivity contribution >= 4 is 111 Å². The van der Waals surface area contributed by atoms with E-state index < -0.39 is 151 Å². The van der Waals surface area contributed by atoms with Crippen molar-refractivity contribution in [3.05, 3.63) is 154 Å². The molecule has 5 aromatic rings. The summed E-state index contributed by atoms with van der Waals surface area (Å²) >= 11 is 4.42. The maximum Gasteiger partial charge on any atom is 0.367 e. The third kappa shape index (κ3) is 11.2. The second kappa shape index (κ2) is 28.1. The van der Waals surface area contributed by atoms with Gasteiger partial charge in [0, 0.05) is 45.3 Å². The minimum atomic E-state index is -1.64. The zero-order chi connectivity index (χ0) is 78.3. The van der Waals surface area contributed by atoms with E-state index in [9.17, 15) is 14.4 Å². The molecule has 13 aliphatic rings. The van der Waals surface area contributed by atoms with Crippen LogP contribution in [0.1, 0.15) is 66.6 Å². The Morgan fingerprint density at radius 3 is 0.796 bits per heavy atom. The van der Waals surface area contributed by atoms with E-state index >= 15 is 38.4 Å². The fourth-order valence-electron chi connectivity index (χ4n) is 18.5. The molecule has 38 heteroatoms. The van der Waals surface area contributed by atoms with Crippen LogP contribution in [-0.4, -0.2) is 286 Å². The summed E-state index contributed by atoms with van der Waals surface area (Å²) in [4.78, 5) is 189. The normalized spacial score (nSPS) is 26.4. The van der Waals surface area contributed by atoms with Crippen LogP contribution in [0.3, 0.4) is 0 Å². The van der Waals surface area contributed by atoms with Gasteiger partial charge in [-0.05, 0) is 110 Å². The highest BCUT2D eigenvalue weighted by atomic mass is 32.2. The molecule has 18 rings (SSSR count). The van der Waals surface area contributed by atoms with Gasteiger partial charge in [-0.25, -0.2) is 52.7 Å². The van der Waals surface area contributed by atoms with E-state index in [1.165, 1.54) is 58.8 Å². The molecular formula is C75H80N16O18S4. The number of hydrogen-bond donors (Lipinski definition) is 0. The highest BCUT2D eigenvalue weighted by Gasteiger charge is 2.80. The summed E-state index contributed by atoms with van der Waals surface area (Å²) in [6.07, 6.45) is -2.85. The Kier molecular flexibility index (Phi) is 18.4. The van der Waals surface area contributed by atoms with Crippen LogP contribution < -0.4 is 18.9 Å². The number of carbonyl (C=O) groups excluding carboxylic acids is 11. The first kappa shape index (κ1) is 73.7. The Balaban J connectivity index is 0.618. The first-order valence-electron chi connectivity index (χ1n) is 37.1. The van der Waals surface area contributed by atoms with Gasteiger partial charge in [-0.3, -0.25) is 78.4 Å². The molecule has 0 spiro atoms. The molecule has 592 valence electrons. The number of benzene rings is 5. The van der Waals surface area contributed by atoms with Gasteiger partial charge in [0.25, 0.3) is 0 Å². The lowest BCUT2D eigenvalue weighted by Crippen LogP contribution is -2.69. The number of rotatable bonds is 22. The summed E-state index contributed by atoms with van der Waals surface area (Å²) in [5.41, 5.74) is -1.63. The molecule has 5 aromatic carbocycles. The van der Waals surface area contributed by atoms with Crippen LogP contribution in [0, 0.1) is 0 Å². The summed E-state index contributed by atoms with van der Waals surface area (Å²) in [7, 11) is 0. The molecule has 0 N–H and O–H groups in total. The third-order valence-corrected chi connectivity index (χ3v) is 27.2. The molecule has 0 unspecified atom stereocenters. The minimum Gasteiger partial charge on any atom is -0.492 e. The SMILES string of the molecule is CSCCOc1ccc(OCCSC(=O)OCc2ccccc2)c2c1CN1C(=O)N3CN4C(=O)N5CN6C(=O)N7CN8C(=O)N9Cc%10c(OCCSC(=O)OCc%11ccccc%11)ccc(OCCSC(=O)OCc%11ccccc%11)c%10CN%10C(=O)N(CN%11C(=O)N(CN%12C(=O)N(CN%13C(=O)N(C2)[C@@]1(C)[C@]3%13C)[C@H]4[C@H]5%12)[C@H]6[C@H]7%11)[C@@]8(C)[C@]9%10C. The number of hydrogen-bond acceptors (Lipinski definition) is 22. The van der Waals surface area contributed by atoms with Gasteiger partial charge in [0.1, 0.15) is 82.8 Å². The summed E-state index contributed by atoms with van der Waals surface area (Å²) in [5, 5.41) is -1.49. The standard InChI is InChI=1S/C75H80N16O18S4/c1-72-74(3)88-42-80-59-57-76(61(80)92)40-78-58-60-82(63(78)94)44-90-67(98)86-35-51-52(56(106-28-32-113-71(102)109-39-48-19-13-8-14-20-48)24-23-55(51)105-27-31-112-70(101)108-38-47-17-11-7-12-18-47)36-87-68(99)91(75(90,4)73(86,87)2)45-83(60)64(95)79(58)41-77(57)62(93)81(59)43-89(74)66(97)85(72)34-50-49(33-84(72)65(88)96)53(103-25-29-110-5)21-22-54(50)104-26-30-111-69(100)107-37-46-15-9-6-10-16-46/h6-24,57-60H,25-45H2,1-5H3/t57-,58+,59+,60-,72+,73-,74-,75+/m1/s1. The van der Waals surface area contributed by atoms with Gasteiger partial charge in [-0.2, -0.15) is 11.8 Å². The van der Waals surface area contributed by atoms with Gasteiger partial charge in [-0.1, -0.05) is 91.0 Å². The van der Waals surface area contributed by atoms with Crippen LogP contribution in [0.15, 0.2) is 115 Å². The van der Waals surface area contributed by atoms with E-state index in [1.807, 2.05) is 97.3 Å². The molecule has 34 nitrogen and oxygen atoms in total. The number of thioether (sulfide) groups is 4. The molecular weight excluding hydrogens is 1540 g/mol. The van der Waals surface area contributed by atoms with Crippen LogP contribution in [0.2, 0.25) is 0 Å². The molecule has 11 fully saturated rings. The van der Waals surface area contributed by atoms with Crippen LogP contribution in [0.4, 0.5) is 52.7 Å². The lowest BCUT2D eigenvalue weighted by molar-refractivity contribution is -0.0871. The van der Waals surface area contributed by atoms with Crippen molar-refractivity contribution in [2.45, 2.75) is 121 Å². The highest BCUT2D eigenvalue weighted by molar-refractivity contribution is 8.13. The second-order valence-corrected chi connectivity index (χ2v) is 33.8. The van der Waals surface area contributed by atoms with Crippen LogP contribution in [0.25, 0.3) is 0 Å². The Bertz CT molecular complexity index is 4680. The van der Waals surface area contributed by atoms with Gasteiger partial charge < -0.3 is 33.2 Å². The molecule has 8 atom stereocenters. The zero-order valence-corrected chi connectivity index (χ0v) is 65.5. The lowest BCUT2D eigenvalue weighted by atomic mass is 9.95. The van der Waals surface area contributed by atoms with E-state index in [-0.39, 0.29) is 83.1 Å². The molecule has 113 heavy (non-hydrogen) atoms. The number of fused-ring (bicyclic) bond motifs is 2. The molecule has 13 heterocycles. The maximum absolute atomic E-state index is 16.0. The Morgan fingerprint density at radius 1 is 0.319 bits per heavy atom. The summed E-state index contributed by atoms with van der Waals surface area (Å²) in [5.74, 6) is 2.79. The number of urea groups is 8. The van der Waals surface area contributed by atoms with Crippen molar-refractivity contribution < 1.29 is 85.9 Å². The highest BCUT2D eigenvalue weighted by Crippen LogP contribution is 2.60. The largest absolute Gasteiger partial charge is 0.492 e. The Labute approximate surface area is 665 Å². The second-order valence-electron chi connectivity index (χ2n) is 29.7. The molecule has 0 aliphatic carbocycles. The topological polar surface area (TPSA) is 304 Å². The minimum absolute atomic E-state index is 0.0218. The average Bonchev–Trinajstić information content (AvgIpc) is 1.49. The number of carbonyl (C=O) groups is 11. The van der Waals surface area contributed by atoms with Crippen molar-refractivity contribution in [1.29, 1.82) is 0 Å². The molecule has 16 amide bonds. The van der Waals surface area contributed by atoms with Gasteiger partial charge in [-0.15, -0.1) is 0 Å². The van der Waals surface area contributed by atoms with E-state index in [1.54, 1.807) is 83.3 Å². The van der Waals surface area contributed by atoms with Crippen molar-refractivity contribution in [3.63, 3.8) is 0 Å². The maximum atomic E-state index is 16.0. The van der Waals surface area contributed by atoms with E-state index in [4.69, 9.17) is 33.2 Å². The van der Waals surface area contributed by atoms with Crippen molar-refractivity contribution in [1.82, 2.24) is 78.4 Å². The Hall–Kier alpha value is -10.7. The molecule has 11 saturated heterocycles. The van der Waals surface area contributed by atoms with E-state index in [0.717, 1.165) is 52.0 Å². The van der Waals surface area contributed by atoms with Gasteiger partial charge in [0.15, 0.2) is 47.3 Å². The molecule has 0 bridgehead atoms. The zero-order valence-electron chi connectivity index (χ0n) is 62.3. The van der Waals surface area contributed by atoms with Crippen molar-refractivity contribution in [3.8, 4) is 23.0 Å².